The number of H-pyrrole nitrogens is 1. The highest BCUT2D eigenvalue weighted by atomic mass is 31.2. The van der Waals surface area contributed by atoms with E-state index in [1.807, 2.05) is 20.8 Å². The van der Waals surface area contributed by atoms with E-state index in [2.05, 4.69) is 4.98 Å². The first-order valence-electron chi connectivity index (χ1n) is 9.04. The Kier molecular flexibility index (Phi) is 6.75. The predicted molar refractivity (Wildman–Crippen MR) is 101 cm³/mol. The molecule has 1 aromatic heterocycles. The summed E-state index contributed by atoms with van der Waals surface area (Å²) in [4.78, 5) is 35.8. The van der Waals surface area contributed by atoms with Crippen molar-refractivity contribution >= 4 is 7.82 Å². The highest BCUT2D eigenvalue weighted by Crippen LogP contribution is 2.48. The van der Waals surface area contributed by atoms with E-state index in [1.165, 1.54) is 13.1 Å². The monoisotopic (exact) mass is 420 g/mol. The van der Waals surface area contributed by atoms with E-state index < -0.39 is 54.9 Å². The Morgan fingerprint density at radius 2 is 1.96 bits per heavy atom. The topological polar surface area (TPSA) is 140 Å². The molecule has 0 spiro atoms. The van der Waals surface area contributed by atoms with Crippen molar-refractivity contribution in [2.24, 2.45) is 11.3 Å². The smallest absolute Gasteiger partial charge is 0.388 e. The second kappa shape index (κ2) is 8.22. The summed E-state index contributed by atoms with van der Waals surface area (Å²) >= 11 is 0. The number of hydrogen-bond acceptors (Lipinski definition) is 7. The molecule has 2 heterocycles. The maximum Gasteiger partial charge on any atom is 0.472 e. The lowest BCUT2D eigenvalue weighted by molar-refractivity contribution is -0.0554. The van der Waals surface area contributed by atoms with Gasteiger partial charge in [0.25, 0.3) is 5.56 Å². The number of aromatic nitrogens is 2. The van der Waals surface area contributed by atoms with Crippen molar-refractivity contribution in [1.82, 2.24) is 9.55 Å². The molecule has 0 aromatic carbocycles. The first-order valence-corrected chi connectivity index (χ1v) is 10.5. The molecule has 1 aliphatic heterocycles. The number of aromatic amines is 1. The highest BCUT2D eigenvalue weighted by molar-refractivity contribution is 7.47. The van der Waals surface area contributed by atoms with Gasteiger partial charge in [0, 0.05) is 17.7 Å². The van der Waals surface area contributed by atoms with Crippen molar-refractivity contribution in [3.63, 3.8) is 0 Å². The molecular formula is C17H29N2O8P. The van der Waals surface area contributed by atoms with Gasteiger partial charge >= 0.3 is 13.5 Å². The second-order valence-corrected chi connectivity index (χ2v) is 9.75. The van der Waals surface area contributed by atoms with Gasteiger partial charge in [-0.2, -0.15) is 0 Å². The molecule has 0 saturated carbocycles. The fourth-order valence-corrected chi connectivity index (χ4v) is 4.35. The lowest BCUT2D eigenvalue weighted by Crippen LogP contribution is -2.40. The van der Waals surface area contributed by atoms with Crippen LogP contribution in [0.2, 0.25) is 0 Å². The molecule has 160 valence electrons. The van der Waals surface area contributed by atoms with Crippen molar-refractivity contribution in [2.75, 3.05) is 6.61 Å². The van der Waals surface area contributed by atoms with Gasteiger partial charge in [0.1, 0.15) is 6.10 Å². The van der Waals surface area contributed by atoms with E-state index in [1.54, 1.807) is 13.8 Å². The third kappa shape index (κ3) is 5.20. The number of rotatable bonds is 6. The molecule has 28 heavy (non-hydrogen) atoms. The zero-order valence-corrected chi connectivity index (χ0v) is 17.8. The third-order valence-electron chi connectivity index (χ3n) is 4.54. The number of ether oxygens (including phenoxy) is 1. The van der Waals surface area contributed by atoms with E-state index in [0.717, 1.165) is 4.57 Å². The van der Waals surface area contributed by atoms with Gasteiger partial charge in [-0.25, -0.2) is 9.36 Å². The van der Waals surface area contributed by atoms with Crippen molar-refractivity contribution < 1.29 is 28.3 Å². The fraction of sp³-hybridized carbons (Fsp3) is 0.765. The molecule has 1 aromatic rings. The summed E-state index contributed by atoms with van der Waals surface area (Å²) in [6, 6.07) is 0. The van der Waals surface area contributed by atoms with E-state index in [-0.39, 0.29) is 12.2 Å². The summed E-state index contributed by atoms with van der Waals surface area (Å²) < 4.78 is 28.9. The summed E-state index contributed by atoms with van der Waals surface area (Å²) in [5, 5.41) is 10.9. The maximum absolute atomic E-state index is 12.2. The summed E-state index contributed by atoms with van der Waals surface area (Å²) in [5.74, 6) is -0.518. The molecule has 2 rings (SSSR count). The molecule has 0 aliphatic carbocycles. The Morgan fingerprint density at radius 3 is 2.50 bits per heavy atom. The molecule has 5 atom stereocenters. The van der Waals surface area contributed by atoms with Crippen molar-refractivity contribution in [3.05, 3.63) is 32.6 Å². The van der Waals surface area contributed by atoms with Crippen LogP contribution >= 0.6 is 7.82 Å². The first-order chi connectivity index (χ1) is 12.7. The second-order valence-electron chi connectivity index (χ2n) is 8.34. The number of nitrogens with zero attached hydrogens (tertiary/aromatic N) is 1. The summed E-state index contributed by atoms with van der Waals surface area (Å²) in [7, 11) is -4.29. The SMILES string of the molecule is Cc1cn(C2OC(COP(=O)(O)OC(C)C)C(C(C)(C)C)C2O)c(=O)[nH]c1=O. The molecule has 11 heteroatoms. The van der Waals surface area contributed by atoms with Crippen LogP contribution in [0.25, 0.3) is 0 Å². The van der Waals surface area contributed by atoms with Crippen LogP contribution in [0.1, 0.15) is 46.4 Å². The molecule has 0 amide bonds. The van der Waals surface area contributed by atoms with Crippen LogP contribution in [0.5, 0.6) is 0 Å². The average molecular weight is 420 g/mol. The number of hydrogen-bond donors (Lipinski definition) is 3. The Labute approximate surface area is 163 Å². The molecule has 5 unspecified atom stereocenters. The van der Waals surface area contributed by atoms with Crippen LogP contribution in [0.4, 0.5) is 0 Å². The minimum absolute atomic E-state index is 0.285. The largest absolute Gasteiger partial charge is 0.472 e. The molecule has 1 aliphatic rings. The van der Waals surface area contributed by atoms with Gasteiger partial charge in [0.15, 0.2) is 6.23 Å². The minimum atomic E-state index is -4.29. The lowest BCUT2D eigenvalue weighted by atomic mass is 9.75. The Bertz CT molecular complexity index is 856. The van der Waals surface area contributed by atoms with E-state index in [9.17, 15) is 24.2 Å². The van der Waals surface area contributed by atoms with E-state index in [4.69, 9.17) is 13.8 Å². The van der Waals surface area contributed by atoms with Gasteiger partial charge in [-0.3, -0.25) is 23.4 Å². The van der Waals surface area contributed by atoms with Gasteiger partial charge in [-0.05, 0) is 26.2 Å². The number of phosphoric acid groups is 1. The van der Waals surface area contributed by atoms with Gasteiger partial charge in [0.05, 0.1) is 18.8 Å². The van der Waals surface area contributed by atoms with Gasteiger partial charge in [-0.1, -0.05) is 20.8 Å². The molecule has 0 bridgehead atoms. The molecule has 0 radical (unpaired) electrons. The quantitative estimate of drug-likeness (QED) is 0.585. The Hall–Kier alpha value is -1.29. The Morgan fingerprint density at radius 1 is 1.36 bits per heavy atom. The minimum Gasteiger partial charge on any atom is -0.388 e. The fourth-order valence-electron chi connectivity index (χ4n) is 3.42. The van der Waals surface area contributed by atoms with E-state index in [0.29, 0.717) is 0 Å². The average Bonchev–Trinajstić information content (AvgIpc) is 2.84. The van der Waals surface area contributed by atoms with Crippen molar-refractivity contribution in [3.8, 4) is 0 Å². The van der Waals surface area contributed by atoms with Crippen LogP contribution in [0.3, 0.4) is 0 Å². The highest BCUT2D eigenvalue weighted by Gasteiger charge is 2.50. The Balaban J connectivity index is 2.31. The van der Waals surface area contributed by atoms with Crippen LogP contribution in [-0.4, -0.2) is 44.5 Å². The predicted octanol–water partition coefficient (Wildman–Crippen LogP) is 1.31. The number of aryl methyl sites for hydroxylation is 1. The zero-order chi connectivity index (χ0) is 21.4. The maximum atomic E-state index is 12.2. The molecular weight excluding hydrogens is 391 g/mol. The molecule has 3 N–H and O–H groups in total. The van der Waals surface area contributed by atoms with Gasteiger partial charge < -0.3 is 14.7 Å². The molecule has 1 saturated heterocycles. The number of aliphatic hydroxyl groups excluding tert-OH is 1. The molecule has 1 fully saturated rings. The van der Waals surface area contributed by atoms with Crippen molar-refractivity contribution in [2.45, 2.75) is 66.1 Å². The van der Waals surface area contributed by atoms with Gasteiger partial charge in [0.2, 0.25) is 0 Å². The first kappa shape index (κ1) is 23.0. The van der Waals surface area contributed by atoms with E-state index >= 15 is 0 Å². The standard InChI is InChI=1S/C17H29N2O8P/c1-9(2)27-28(23,24)25-8-11-12(17(4,5)6)13(20)15(26-11)19-7-10(3)14(21)18-16(19)22/h7,9,11-13,15,20H,8H2,1-6H3,(H,23,24)(H,18,21,22). The number of nitrogens with one attached hydrogen (secondary N) is 1. The summed E-state index contributed by atoms with van der Waals surface area (Å²) in [6.45, 7) is 10.1. The number of phosphoric ester groups is 1. The van der Waals surface area contributed by atoms with Crippen LogP contribution < -0.4 is 11.2 Å². The summed E-state index contributed by atoms with van der Waals surface area (Å²) in [6.07, 6.45) is -2.17. The third-order valence-corrected chi connectivity index (χ3v) is 5.70. The van der Waals surface area contributed by atoms with Crippen LogP contribution in [0, 0.1) is 18.3 Å². The summed E-state index contributed by atoms with van der Waals surface area (Å²) in [5.41, 5.74) is -1.42. The lowest BCUT2D eigenvalue weighted by Gasteiger charge is -2.33. The van der Waals surface area contributed by atoms with Crippen LogP contribution in [-0.2, 0) is 18.3 Å². The zero-order valence-electron chi connectivity index (χ0n) is 16.9. The normalized spacial score (nSPS) is 27.9. The van der Waals surface area contributed by atoms with Crippen molar-refractivity contribution in [1.29, 1.82) is 0 Å². The van der Waals surface area contributed by atoms with Gasteiger partial charge in [-0.15, -0.1) is 0 Å². The van der Waals surface area contributed by atoms with Crippen LogP contribution in [0.15, 0.2) is 15.8 Å². The number of aliphatic hydroxyl groups is 1. The molecule has 10 nitrogen and oxygen atoms in total.